The maximum atomic E-state index is 11.9. The summed E-state index contributed by atoms with van der Waals surface area (Å²) in [6.45, 7) is 0. The fourth-order valence-electron chi connectivity index (χ4n) is 1.22. The van der Waals surface area contributed by atoms with Crippen molar-refractivity contribution in [1.82, 2.24) is 0 Å². The van der Waals surface area contributed by atoms with Crippen LogP contribution in [0.1, 0.15) is 12.8 Å². The van der Waals surface area contributed by atoms with Crippen molar-refractivity contribution >= 4 is 32.4 Å². The van der Waals surface area contributed by atoms with Crippen molar-refractivity contribution in [3.63, 3.8) is 0 Å². The molecule has 1 rings (SSSR count). The Morgan fingerprint density at radius 3 is 2.53 bits per heavy atom. The lowest BCUT2D eigenvalue weighted by Crippen LogP contribution is -2.09. The molecular weight excluding hydrogens is 319 g/mol. The van der Waals surface area contributed by atoms with Crippen LogP contribution in [0.25, 0.3) is 0 Å². The van der Waals surface area contributed by atoms with E-state index in [4.69, 9.17) is 5.73 Å². The summed E-state index contributed by atoms with van der Waals surface area (Å²) in [6.07, 6.45) is -5.25. The molecule has 2 nitrogen and oxygen atoms in total. The maximum absolute atomic E-state index is 11.9. The third-order valence-corrected chi connectivity index (χ3v) is 4.42. The molecule has 0 aliphatic heterocycles. The number of halogens is 4. The Bertz CT molecular complexity index is 423. The van der Waals surface area contributed by atoms with Gasteiger partial charge in [-0.05, 0) is 40.5 Å². The average Bonchev–Trinajstić information content (AvgIpc) is 2.15. The topological polar surface area (TPSA) is 43.1 Å². The van der Waals surface area contributed by atoms with Gasteiger partial charge in [-0.15, -0.1) is 0 Å². The van der Waals surface area contributed by atoms with Gasteiger partial charge in [0.05, 0.1) is 15.7 Å². The molecule has 0 aliphatic rings. The Labute approximate surface area is 108 Å². The lowest BCUT2D eigenvalue weighted by molar-refractivity contribution is -0.134. The van der Waals surface area contributed by atoms with Gasteiger partial charge in [0, 0.05) is 22.3 Å². The number of nitrogen functional groups attached to an aromatic ring is 1. The van der Waals surface area contributed by atoms with Crippen molar-refractivity contribution in [2.24, 2.45) is 0 Å². The minimum absolute atomic E-state index is 0.0119. The molecule has 0 amide bonds. The van der Waals surface area contributed by atoms with E-state index in [-0.39, 0.29) is 12.2 Å². The molecule has 0 heterocycles. The molecule has 2 N–H and O–H groups in total. The Kier molecular flexibility index (Phi) is 5.00. The molecule has 1 aromatic carbocycles. The zero-order valence-electron chi connectivity index (χ0n) is 8.76. The van der Waals surface area contributed by atoms with Crippen LogP contribution in [0.5, 0.6) is 0 Å². The summed E-state index contributed by atoms with van der Waals surface area (Å²) in [6, 6.07) is 4.71. The van der Waals surface area contributed by atoms with Crippen LogP contribution in [-0.2, 0) is 10.8 Å². The van der Waals surface area contributed by atoms with Crippen LogP contribution in [0.2, 0.25) is 0 Å². The highest BCUT2D eigenvalue weighted by atomic mass is 79.9. The number of nitrogens with two attached hydrogens (primary N) is 1. The third kappa shape index (κ3) is 5.08. The summed E-state index contributed by atoms with van der Waals surface area (Å²) in [5, 5.41) is 0. The highest BCUT2D eigenvalue weighted by molar-refractivity contribution is 9.10. The summed E-state index contributed by atoms with van der Waals surface area (Å²) < 4.78 is 48.0. The van der Waals surface area contributed by atoms with Gasteiger partial charge in [-0.25, -0.2) is 0 Å². The van der Waals surface area contributed by atoms with Crippen LogP contribution in [0.3, 0.4) is 0 Å². The predicted molar refractivity (Wildman–Crippen MR) is 65.1 cm³/mol. The van der Waals surface area contributed by atoms with E-state index < -0.39 is 23.4 Å². The second-order valence-corrected chi connectivity index (χ2v) is 5.85. The van der Waals surface area contributed by atoms with Crippen LogP contribution in [0, 0.1) is 0 Å². The molecule has 0 bridgehead atoms. The monoisotopic (exact) mass is 329 g/mol. The summed E-state index contributed by atoms with van der Waals surface area (Å²) in [7, 11) is -1.44. The first kappa shape index (κ1) is 14.5. The van der Waals surface area contributed by atoms with Crippen LogP contribution in [0.4, 0.5) is 18.9 Å². The van der Waals surface area contributed by atoms with E-state index in [2.05, 4.69) is 15.9 Å². The first-order chi connectivity index (χ1) is 7.79. The van der Waals surface area contributed by atoms with E-state index in [1.54, 1.807) is 18.2 Å². The predicted octanol–water partition coefficient (Wildman–Crippen LogP) is 3.48. The van der Waals surface area contributed by atoms with Crippen LogP contribution in [-0.4, -0.2) is 16.1 Å². The van der Waals surface area contributed by atoms with E-state index in [1.165, 1.54) is 0 Å². The van der Waals surface area contributed by atoms with Gasteiger partial charge in [0.1, 0.15) is 0 Å². The normalized spacial score (nSPS) is 13.6. The van der Waals surface area contributed by atoms with Crippen LogP contribution in [0.15, 0.2) is 27.6 Å². The van der Waals surface area contributed by atoms with Crippen molar-refractivity contribution in [2.45, 2.75) is 23.9 Å². The maximum Gasteiger partial charge on any atom is 0.389 e. The van der Waals surface area contributed by atoms with Gasteiger partial charge < -0.3 is 5.73 Å². The molecule has 0 saturated carbocycles. The molecule has 1 unspecified atom stereocenters. The van der Waals surface area contributed by atoms with Crippen molar-refractivity contribution in [3.05, 3.63) is 22.7 Å². The Balaban J connectivity index is 2.59. The molecule has 0 aromatic heterocycles. The zero-order valence-corrected chi connectivity index (χ0v) is 11.2. The molecule has 0 spiro atoms. The Morgan fingerprint density at radius 1 is 1.35 bits per heavy atom. The fourth-order valence-corrected chi connectivity index (χ4v) is 3.28. The minimum Gasteiger partial charge on any atom is -0.399 e. The average molecular weight is 330 g/mol. The van der Waals surface area contributed by atoms with Gasteiger partial charge in [-0.1, -0.05) is 0 Å². The number of benzene rings is 1. The van der Waals surface area contributed by atoms with E-state index in [0.29, 0.717) is 15.1 Å². The fraction of sp³-hybridized carbons (Fsp3) is 0.400. The van der Waals surface area contributed by atoms with E-state index >= 15 is 0 Å². The molecule has 17 heavy (non-hydrogen) atoms. The second kappa shape index (κ2) is 5.86. The largest absolute Gasteiger partial charge is 0.399 e. The zero-order chi connectivity index (χ0) is 13.1. The smallest absolute Gasteiger partial charge is 0.389 e. The van der Waals surface area contributed by atoms with Gasteiger partial charge in [0.2, 0.25) is 0 Å². The highest BCUT2D eigenvalue weighted by Gasteiger charge is 2.26. The standard InChI is InChI=1S/C10H11BrF3NOS/c11-8-6-7(15)2-3-9(8)17(16)5-1-4-10(12,13)14/h2-3,6H,1,4-5,15H2. The second-order valence-electron chi connectivity index (χ2n) is 3.46. The first-order valence-corrected chi connectivity index (χ1v) is 6.91. The van der Waals surface area contributed by atoms with Crippen molar-refractivity contribution in [1.29, 1.82) is 0 Å². The summed E-state index contributed by atoms with van der Waals surface area (Å²) in [4.78, 5) is 0.473. The SMILES string of the molecule is Nc1ccc(S(=O)CCCC(F)(F)F)c(Br)c1. The van der Waals surface area contributed by atoms with Gasteiger partial charge in [0.25, 0.3) is 0 Å². The van der Waals surface area contributed by atoms with Gasteiger partial charge in [-0.2, -0.15) is 13.2 Å². The molecule has 1 aromatic rings. The molecule has 0 fully saturated rings. The van der Waals surface area contributed by atoms with Gasteiger partial charge in [-0.3, -0.25) is 4.21 Å². The molecule has 0 aliphatic carbocycles. The molecular formula is C10H11BrF3NOS. The lowest BCUT2D eigenvalue weighted by atomic mass is 10.3. The minimum atomic E-state index is -4.19. The Hall–Kier alpha value is -0.560. The van der Waals surface area contributed by atoms with Crippen molar-refractivity contribution < 1.29 is 17.4 Å². The van der Waals surface area contributed by atoms with Gasteiger partial charge in [0.15, 0.2) is 0 Å². The van der Waals surface area contributed by atoms with Crippen LogP contribution < -0.4 is 5.73 Å². The number of hydrogen-bond donors (Lipinski definition) is 1. The summed E-state index contributed by atoms with van der Waals surface area (Å²) in [5.41, 5.74) is 6.01. The number of anilines is 1. The van der Waals surface area contributed by atoms with Crippen molar-refractivity contribution in [3.8, 4) is 0 Å². The number of alkyl halides is 3. The van der Waals surface area contributed by atoms with E-state index in [9.17, 15) is 17.4 Å². The van der Waals surface area contributed by atoms with Crippen LogP contribution >= 0.6 is 15.9 Å². The van der Waals surface area contributed by atoms with E-state index in [0.717, 1.165) is 0 Å². The summed E-state index contributed by atoms with van der Waals surface area (Å²) in [5.74, 6) is -0.0119. The molecule has 1 atom stereocenters. The third-order valence-electron chi connectivity index (χ3n) is 1.99. The molecule has 0 saturated heterocycles. The molecule has 7 heteroatoms. The molecule has 96 valence electrons. The number of hydrogen-bond acceptors (Lipinski definition) is 2. The van der Waals surface area contributed by atoms with Crippen molar-refractivity contribution in [2.75, 3.05) is 11.5 Å². The number of rotatable bonds is 4. The summed E-state index contributed by atoms with van der Waals surface area (Å²) >= 11 is 3.18. The first-order valence-electron chi connectivity index (χ1n) is 4.80. The molecule has 0 radical (unpaired) electrons. The lowest BCUT2D eigenvalue weighted by Gasteiger charge is -2.07. The highest BCUT2D eigenvalue weighted by Crippen LogP contribution is 2.25. The Morgan fingerprint density at radius 2 is 2.00 bits per heavy atom. The van der Waals surface area contributed by atoms with E-state index in [1.807, 2.05) is 0 Å². The van der Waals surface area contributed by atoms with Gasteiger partial charge >= 0.3 is 6.18 Å². The quantitative estimate of drug-likeness (QED) is 0.859.